The minimum absolute atomic E-state index is 0.0992. The molecular weight excluding hydrogens is 294 g/mol. The Bertz CT molecular complexity index is 434. The number of ether oxygens (including phenoxy) is 1. The topological polar surface area (TPSA) is 29.5 Å². The number of halogens is 1. The second-order valence-electron chi connectivity index (χ2n) is 4.54. The molecule has 98 valence electrons. The molecule has 1 aromatic rings. The quantitative estimate of drug-likeness (QED) is 0.618. The van der Waals surface area contributed by atoms with Crippen LogP contribution in [0.4, 0.5) is 0 Å². The number of benzene rings is 1. The number of amides is 1. The maximum Gasteiger partial charge on any atom is 0.254 e. The van der Waals surface area contributed by atoms with E-state index in [0.717, 1.165) is 48.0 Å². The molecule has 18 heavy (non-hydrogen) atoms. The maximum atomic E-state index is 12.0. The monoisotopic (exact) mass is 311 g/mol. The van der Waals surface area contributed by atoms with Crippen LogP contribution in [0.15, 0.2) is 18.2 Å². The van der Waals surface area contributed by atoms with Crippen LogP contribution < -0.4 is 4.74 Å². The Labute approximate surface area is 116 Å². The Hall–Kier alpha value is -1.03. The molecule has 0 unspecified atom stereocenters. The van der Waals surface area contributed by atoms with Crippen LogP contribution in [0.3, 0.4) is 0 Å². The SMILES string of the molecule is CN1CCc2ccc(OCCCCBr)cc2C1=O. The van der Waals surface area contributed by atoms with Gasteiger partial charge in [0.25, 0.3) is 5.91 Å². The van der Waals surface area contributed by atoms with Crippen LogP contribution in [-0.4, -0.2) is 36.3 Å². The van der Waals surface area contributed by atoms with Crippen molar-refractivity contribution in [3.63, 3.8) is 0 Å². The number of carbonyl (C=O) groups excluding carboxylic acids is 1. The number of likely N-dealkylation sites (N-methyl/N-ethyl adjacent to an activating group) is 1. The molecule has 0 fully saturated rings. The molecule has 1 aliphatic heterocycles. The van der Waals surface area contributed by atoms with Gasteiger partial charge >= 0.3 is 0 Å². The first-order chi connectivity index (χ1) is 8.72. The number of alkyl halides is 1. The van der Waals surface area contributed by atoms with Gasteiger partial charge in [-0.05, 0) is 37.0 Å². The molecule has 0 atom stereocenters. The van der Waals surface area contributed by atoms with Gasteiger partial charge in [0.2, 0.25) is 0 Å². The zero-order chi connectivity index (χ0) is 13.0. The van der Waals surface area contributed by atoms with Crippen molar-refractivity contribution >= 4 is 21.8 Å². The lowest BCUT2D eigenvalue weighted by Gasteiger charge is -2.25. The van der Waals surface area contributed by atoms with Crippen LogP contribution in [0.25, 0.3) is 0 Å². The van der Waals surface area contributed by atoms with E-state index in [4.69, 9.17) is 4.74 Å². The number of unbranched alkanes of at least 4 members (excludes halogenated alkanes) is 1. The molecule has 2 rings (SSSR count). The number of rotatable bonds is 5. The smallest absolute Gasteiger partial charge is 0.254 e. The fourth-order valence-corrected chi connectivity index (χ4v) is 2.44. The molecular formula is C14H18BrNO2. The van der Waals surface area contributed by atoms with Crippen LogP contribution in [-0.2, 0) is 6.42 Å². The van der Waals surface area contributed by atoms with Gasteiger partial charge in [-0.1, -0.05) is 22.0 Å². The molecule has 0 aliphatic carbocycles. The van der Waals surface area contributed by atoms with E-state index in [-0.39, 0.29) is 5.91 Å². The number of fused-ring (bicyclic) bond motifs is 1. The van der Waals surface area contributed by atoms with Gasteiger partial charge in [0.05, 0.1) is 6.61 Å². The van der Waals surface area contributed by atoms with Gasteiger partial charge in [0, 0.05) is 24.5 Å². The molecule has 0 spiro atoms. The first-order valence-electron chi connectivity index (χ1n) is 6.29. The minimum Gasteiger partial charge on any atom is -0.494 e. The van der Waals surface area contributed by atoms with Gasteiger partial charge in [-0.15, -0.1) is 0 Å². The lowest BCUT2D eigenvalue weighted by molar-refractivity contribution is 0.0780. The average molecular weight is 312 g/mol. The lowest BCUT2D eigenvalue weighted by atomic mass is 9.99. The highest BCUT2D eigenvalue weighted by molar-refractivity contribution is 9.09. The van der Waals surface area contributed by atoms with Crippen molar-refractivity contribution in [2.24, 2.45) is 0 Å². The van der Waals surface area contributed by atoms with Crippen LogP contribution in [0.1, 0.15) is 28.8 Å². The molecule has 1 heterocycles. The van der Waals surface area contributed by atoms with Crippen LogP contribution in [0, 0.1) is 0 Å². The Balaban J connectivity index is 2.04. The zero-order valence-electron chi connectivity index (χ0n) is 10.6. The van der Waals surface area contributed by atoms with Crippen molar-refractivity contribution in [3.05, 3.63) is 29.3 Å². The summed E-state index contributed by atoms with van der Waals surface area (Å²) >= 11 is 3.39. The van der Waals surface area contributed by atoms with E-state index in [1.54, 1.807) is 4.90 Å². The van der Waals surface area contributed by atoms with Crippen molar-refractivity contribution < 1.29 is 9.53 Å². The highest BCUT2D eigenvalue weighted by Gasteiger charge is 2.21. The van der Waals surface area contributed by atoms with Crippen LogP contribution in [0.5, 0.6) is 5.75 Å². The van der Waals surface area contributed by atoms with Crippen LogP contribution >= 0.6 is 15.9 Å². The summed E-state index contributed by atoms with van der Waals surface area (Å²) in [6, 6.07) is 5.85. The van der Waals surface area contributed by atoms with Crippen molar-refractivity contribution in [1.29, 1.82) is 0 Å². The summed E-state index contributed by atoms with van der Waals surface area (Å²) in [5.74, 6) is 0.897. The lowest BCUT2D eigenvalue weighted by Crippen LogP contribution is -2.34. The predicted molar refractivity (Wildman–Crippen MR) is 75.6 cm³/mol. The second kappa shape index (κ2) is 6.23. The molecule has 0 N–H and O–H groups in total. The predicted octanol–water partition coefficient (Wildman–Crippen LogP) is 2.87. The molecule has 1 amide bonds. The molecule has 0 aromatic heterocycles. The molecule has 0 saturated carbocycles. The summed E-state index contributed by atoms with van der Waals surface area (Å²) in [6.07, 6.45) is 3.06. The van der Waals surface area contributed by atoms with Crippen LogP contribution in [0.2, 0.25) is 0 Å². The summed E-state index contributed by atoms with van der Waals surface area (Å²) in [5.41, 5.74) is 1.92. The van der Waals surface area contributed by atoms with E-state index in [2.05, 4.69) is 15.9 Å². The first-order valence-corrected chi connectivity index (χ1v) is 7.41. The highest BCUT2D eigenvalue weighted by atomic mass is 79.9. The normalized spacial score (nSPS) is 14.6. The zero-order valence-corrected chi connectivity index (χ0v) is 12.2. The van der Waals surface area contributed by atoms with Crippen molar-refractivity contribution in [2.75, 3.05) is 25.5 Å². The van der Waals surface area contributed by atoms with Gasteiger partial charge in [0.15, 0.2) is 0 Å². The highest BCUT2D eigenvalue weighted by Crippen LogP contribution is 2.23. The summed E-state index contributed by atoms with van der Waals surface area (Å²) < 4.78 is 5.67. The fourth-order valence-electron chi connectivity index (χ4n) is 2.04. The van der Waals surface area contributed by atoms with Crippen molar-refractivity contribution in [2.45, 2.75) is 19.3 Å². The fraction of sp³-hybridized carbons (Fsp3) is 0.500. The van der Waals surface area contributed by atoms with Gasteiger partial charge in [-0.3, -0.25) is 4.79 Å². The third kappa shape index (κ3) is 3.05. The van der Waals surface area contributed by atoms with Crippen molar-refractivity contribution in [3.8, 4) is 5.75 Å². The van der Waals surface area contributed by atoms with E-state index in [0.29, 0.717) is 6.61 Å². The molecule has 1 aliphatic rings. The Kier molecular flexibility index (Phi) is 4.64. The largest absolute Gasteiger partial charge is 0.494 e. The first kappa shape index (κ1) is 13.4. The summed E-state index contributed by atoms with van der Waals surface area (Å²) in [7, 11) is 1.84. The Morgan fingerprint density at radius 1 is 1.39 bits per heavy atom. The Morgan fingerprint density at radius 2 is 2.22 bits per heavy atom. The van der Waals surface area contributed by atoms with E-state index in [1.807, 2.05) is 25.2 Å². The maximum absolute atomic E-state index is 12.0. The third-order valence-corrected chi connectivity index (χ3v) is 3.73. The molecule has 3 nitrogen and oxygen atoms in total. The molecule has 0 bridgehead atoms. The van der Waals surface area contributed by atoms with Gasteiger partial charge in [-0.2, -0.15) is 0 Å². The van der Waals surface area contributed by atoms with Crippen molar-refractivity contribution in [1.82, 2.24) is 4.90 Å². The van der Waals surface area contributed by atoms with Gasteiger partial charge in [-0.25, -0.2) is 0 Å². The van der Waals surface area contributed by atoms with E-state index in [1.165, 1.54) is 0 Å². The third-order valence-electron chi connectivity index (χ3n) is 3.17. The number of carbonyl (C=O) groups is 1. The van der Waals surface area contributed by atoms with Gasteiger partial charge < -0.3 is 9.64 Å². The van der Waals surface area contributed by atoms with E-state index >= 15 is 0 Å². The standard InChI is InChI=1S/C14H18BrNO2/c1-16-8-6-11-4-5-12(10-13(11)14(16)17)18-9-3-2-7-15/h4-5,10H,2-3,6-9H2,1H3. The van der Waals surface area contributed by atoms with E-state index in [9.17, 15) is 4.79 Å². The number of hydrogen-bond acceptors (Lipinski definition) is 2. The molecule has 0 radical (unpaired) electrons. The van der Waals surface area contributed by atoms with Gasteiger partial charge in [0.1, 0.15) is 5.75 Å². The summed E-state index contributed by atoms with van der Waals surface area (Å²) in [6.45, 7) is 1.51. The number of nitrogens with zero attached hydrogens (tertiary/aromatic N) is 1. The van der Waals surface area contributed by atoms with E-state index < -0.39 is 0 Å². The molecule has 4 heteroatoms. The average Bonchev–Trinajstić information content (AvgIpc) is 2.39. The minimum atomic E-state index is 0.0992. The summed E-state index contributed by atoms with van der Waals surface area (Å²) in [4.78, 5) is 13.8. The molecule has 1 aromatic carbocycles. The second-order valence-corrected chi connectivity index (χ2v) is 5.33. The summed E-state index contributed by atoms with van der Waals surface area (Å²) in [5, 5.41) is 1.00. The Morgan fingerprint density at radius 3 is 3.00 bits per heavy atom. The molecule has 0 saturated heterocycles. The number of hydrogen-bond donors (Lipinski definition) is 0.